The zero-order valence-corrected chi connectivity index (χ0v) is 22.2. The number of benzene rings is 3. The minimum absolute atomic E-state index is 0.105. The van der Waals surface area contributed by atoms with Gasteiger partial charge in [-0.3, -0.25) is 4.79 Å². The van der Waals surface area contributed by atoms with Crippen LogP contribution in [-0.4, -0.2) is 47.7 Å². The van der Waals surface area contributed by atoms with Crippen molar-refractivity contribution in [3.63, 3.8) is 0 Å². The number of H-pyrrole nitrogens is 1. The van der Waals surface area contributed by atoms with Crippen LogP contribution in [0.5, 0.6) is 0 Å². The number of anilines is 2. The number of thiophene rings is 1. The van der Waals surface area contributed by atoms with Gasteiger partial charge in [-0.2, -0.15) is 5.21 Å². The van der Waals surface area contributed by atoms with Crippen LogP contribution in [0, 0.1) is 0 Å². The fraction of sp³-hybridized carbons (Fsp3) is 0.0690. The van der Waals surface area contributed by atoms with Crippen molar-refractivity contribution in [3.05, 3.63) is 90.1 Å². The van der Waals surface area contributed by atoms with Crippen molar-refractivity contribution in [1.82, 2.24) is 30.6 Å². The van der Waals surface area contributed by atoms with Gasteiger partial charge in [0.15, 0.2) is 0 Å². The summed E-state index contributed by atoms with van der Waals surface area (Å²) in [7, 11) is 0. The number of tetrazole rings is 1. The molecule has 0 saturated heterocycles. The Morgan fingerprint density at radius 2 is 1.49 bits per heavy atom. The van der Waals surface area contributed by atoms with Crippen LogP contribution < -0.4 is 10.6 Å². The normalized spacial score (nSPS) is 10.9. The van der Waals surface area contributed by atoms with Gasteiger partial charge in [0.2, 0.25) is 5.82 Å². The number of amides is 2. The summed E-state index contributed by atoms with van der Waals surface area (Å²) in [4.78, 5) is 32.5. The second-order valence-corrected chi connectivity index (χ2v) is 9.99. The average Bonchev–Trinajstić information content (AvgIpc) is 3.68. The first-order valence-corrected chi connectivity index (χ1v) is 13.5. The topological polar surface area (TPSA) is 159 Å². The molecule has 11 nitrogen and oxygen atoms in total. The van der Waals surface area contributed by atoms with E-state index in [-0.39, 0.29) is 12.5 Å². The Labute approximate surface area is 237 Å². The molecule has 0 fully saturated rings. The predicted molar refractivity (Wildman–Crippen MR) is 156 cm³/mol. The molecular weight excluding hydrogens is 540 g/mol. The molecule has 0 unspecified atom stereocenters. The van der Waals surface area contributed by atoms with Gasteiger partial charge in [0.25, 0.3) is 0 Å². The molecule has 0 atom stereocenters. The maximum absolute atomic E-state index is 12.5. The highest BCUT2D eigenvalue weighted by molar-refractivity contribution is 7.18. The summed E-state index contributed by atoms with van der Waals surface area (Å²) in [5.41, 5.74) is 7.58. The highest BCUT2D eigenvalue weighted by atomic mass is 32.1. The summed E-state index contributed by atoms with van der Waals surface area (Å²) < 4.78 is 0.958. The van der Waals surface area contributed by atoms with E-state index in [0.717, 1.165) is 43.7 Å². The molecule has 2 amide bonds. The number of aromatic amines is 1. The molecule has 0 aliphatic rings. The van der Waals surface area contributed by atoms with Gasteiger partial charge >= 0.3 is 12.0 Å². The number of fused-ring (bicyclic) bond motifs is 1. The summed E-state index contributed by atoms with van der Waals surface area (Å²) in [6.07, 6.45) is 2.15. The molecule has 0 aliphatic carbocycles. The number of aryl methyl sites for hydroxylation is 1. The monoisotopic (exact) mass is 562 g/mol. The highest BCUT2D eigenvalue weighted by Gasteiger charge is 2.14. The molecule has 6 rings (SSSR count). The first-order chi connectivity index (χ1) is 20.0. The molecule has 12 heteroatoms. The van der Waals surface area contributed by atoms with Gasteiger partial charge in [0, 0.05) is 39.9 Å². The van der Waals surface area contributed by atoms with E-state index < -0.39 is 5.97 Å². The van der Waals surface area contributed by atoms with Crippen LogP contribution in [-0.2, 0) is 11.2 Å². The van der Waals surface area contributed by atoms with Crippen LogP contribution in [0.15, 0.2) is 84.5 Å². The van der Waals surface area contributed by atoms with Crippen LogP contribution in [0.25, 0.3) is 44.0 Å². The Bertz CT molecular complexity index is 1820. The van der Waals surface area contributed by atoms with Crippen molar-refractivity contribution in [2.45, 2.75) is 12.8 Å². The van der Waals surface area contributed by atoms with Crippen molar-refractivity contribution in [2.24, 2.45) is 0 Å². The number of hydrogen-bond donors (Lipinski definition) is 4. The number of nitrogens with zero attached hydrogens (tertiary/aromatic N) is 5. The van der Waals surface area contributed by atoms with Crippen LogP contribution in [0.4, 0.5) is 16.2 Å². The molecule has 3 heterocycles. The summed E-state index contributed by atoms with van der Waals surface area (Å²) in [6, 6.07) is 22.1. The number of carbonyl (C=O) groups excluding carboxylic acids is 1. The Hall–Kier alpha value is -5.49. The summed E-state index contributed by atoms with van der Waals surface area (Å²) >= 11 is 1.57. The summed E-state index contributed by atoms with van der Waals surface area (Å²) in [5, 5.41) is 30.5. The second-order valence-electron chi connectivity index (χ2n) is 9.11. The number of nitrogens with one attached hydrogen (secondary N) is 3. The van der Waals surface area contributed by atoms with E-state index in [1.165, 1.54) is 0 Å². The molecule has 3 aromatic carbocycles. The minimum Gasteiger partial charge on any atom is -0.481 e. The van der Waals surface area contributed by atoms with E-state index in [1.54, 1.807) is 41.9 Å². The molecule has 0 bridgehead atoms. The largest absolute Gasteiger partial charge is 0.481 e. The van der Waals surface area contributed by atoms with Gasteiger partial charge in [-0.1, -0.05) is 36.4 Å². The molecule has 0 radical (unpaired) electrons. The van der Waals surface area contributed by atoms with Gasteiger partial charge in [-0.05, 0) is 59.2 Å². The Balaban J connectivity index is 1.14. The first kappa shape index (κ1) is 25.8. The van der Waals surface area contributed by atoms with Gasteiger partial charge in [-0.15, -0.1) is 21.5 Å². The molecule has 0 saturated carbocycles. The minimum atomic E-state index is -0.807. The van der Waals surface area contributed by atoms with E-state index in [4.69, 9.17) is 5.11 Å². The van der Waals surface area contributed by atoms with E-state index in [0.29, 0.717) is 23.6 Å². The lowest BCUT2D eigenvalue weighted by Gasteiger charge is -2.09. The molecule has 0 aliphatic heterocycles. The number of carboxylic acid groups (broad SMARTS) is 1. The van der Waals surface area contributed by atoms with Crippen molar-refractivity contribution in [2.75, 3.05) is 10.6 Å². The quantitative estimate of drug-likeness (QED) is 0.179. The molecule has 0 spiro atoms. The molecule has 41 heavy (non-hydrogen) atoms. The van der Waals surface area contributed by atoms with E-state index in [1.807, 2.05) is 48.5 Å². The number of carboxylic acids is 1. The number of aromatic nitrogens is 6. The van der Waals surface area contributed by atoms with E-state index in [2.05, 4.69) is 46.6 Å². The lowest BCUT2D eigenvalue weighted by molar-refractivity contribution is -0.136. The van der Waals surface area contributed by atoms with Gasteiger partial charge in [0.1, 0.15) is 6.33 Å². The smallest absolute Gasteiger partial charge is 0.323 e. The zero-order chi connectivity index (χ0) is 28.2. The third-order valence-corrected chi connectivity index (χ3v) is 7.38. The van der Waals surface area contributed by atoms with Crippen LogP contribution in [0.3, 0.4) is 0 Å². The lowest BCUT2D eigenvalue weighted by Crippen LogP contribution is -2.19. The third kappa shape index (κ3) is 5.77. The molecule has 3 aromatic heterocycles. The van der Waals surface area contributed by atoms with Crippen LogP contribution >= 0.6 is 11.3 Å². The molecule has 4 N–H and O–H groups in total. The Kier molecular flexibility index (Phi) is 7.11. The van der Waals surface area contributed by atoms with Gasteiger partial charge in [-0.25, -0.2) is 14.8 Å². The number of urea groups is 1. The van der Waals surface area contributed by atoms with Crippen LogP contribution in [0.1, 0.15) is 12.0 Å². The van der Waals surface area contributed by atoms with Crippen molar-refractivity contribution >= 4 is 44.9 Å². The number of hydrogen-bond acceptors (Lipinski definition) is 8. The SMILES string of the molecule is O=C(O)CCc1ccc(-c2csc3c(-c4ccc(NC(=O)Nc5ccc(-c6nn[nH]n6)cc5)cc4)ncnc23)cc1. The second kappa shape index (κ2) is 11.3. The van der Waals surface area contributed by atoms with E-state index in [9.17, 15) is 9.59 Å². The number of rotatable bonds is 8. The lowest BCUT2D eigenvalue weighted by atomic mass is 10.0. The van der Waals surface area contributed by atoms with Crippen molar-refractivity contribution in [1.29, 1.82) is 0 Å². The predicted octanol–water partition coefficient (Wildman–Crippen LogP) is 5.87. The van der Waals surface area contributed by atoms with Crippen molar-refractivity contribution < 1.29 is 14.7 Å². The molecule has 6 aromatic rings. The maximum Gasteiger partial charge on any atom is 0.323 e. The zero-order valence-electron chi connectivity index (χ0n) is 21.4. The van der Waals surface area contributed by atoms with Gasteiger partial charge < -0.3 is 15.7 Å². The Morgan fingerprint density at radius 1 is 0.829 bits per heavy atom. The number of aliphatic carboxylic acids is 1. The fourth-order valence-corrected chi connectivity index (χ4v) is 5.40. The maximum atomic E-state index is 12.5. The number of carbonyl (C=O) groups is 2. The molecular formula is C29H22N8O3S. The van der Waals surface area contributed by atoms with Crippen molar-refractivity contribution in [3.8, 4) is 33.8 Å². The summed E-state index contributed by atoms with van der Waals surface area (Å²) in [6.45, 7) is 0. The van der Waals surface area contributed by atoms with Crippen LogP contribution in [0.2, 0.25) is 0 Å². The fourth-order valence-electron chi connectivity index (χ4n) is 4.36. The molecule has 202 valence electrons. The van der Waals surface area contributed by atoms with Gasteiger partial charge in [0.05, 0.1) is 15.9 Å². The standard InChI is InChI=1S/C29H22N8O3S/c38-24(39)14-3-17-1-4-18(5-2-17)23-15-41-27-25(30-16-31-26(23)27)19-6-10-21(11-7-19)32-29(40)33-22-12-8-20(9-13-22)28-34-36-37-35-28/h1-2,4-13,15-16H,3,14H2,(H,38,39)(H2,32,33,40)(H,34,35,36,37). The van der Waals surface area contributed by atoms with E-state index >= 15 is 0 Å². The third-order valence-electron chi connectivity index (χ3n) is 6.41. The average molecular weight is 563 g/mol. The Morgan fingerprint density at radius 3 is 2.12 bits per heavy atom. The highest BCUT2D eigenvalue weighted by Crippen LogP contribution is 2.37. The summed E-state index contributed by atoms with van der Waals surface area (Å²) in [5.74, 6) is -0.331. The first-order valence-electron chi connectivity index (χ1n) is 12.6.